The molecular formula is C25H27F3N4O. The van der Waals surface area contributed by atoms with Gasteiger partial charge in [0.05, 0.1) is 5.56 Å². The Hall–Kier alpha value is -3.23. The van der Waals surface area contributed by atoms with E-state index in [2.05, 4.69) is 33.2 Å². The highest BCUT2D eigenvalue weighted by molar-refractivity contribution is 6.04. The van der Waals surface area contributed by atoms with Crippen molar-refractivity contribution < 1.29 is 18.0 Å². The third-order valence-electron chi connectivity index (χ3n) is 5.18. The Kier molecular flexibility index (Phi) is 8.19. The molecule has 1 amide bonds. The molecule has 174 valence electrons. The van der Waals surface area contributed by atoms with Crippen LogP contribution in [0.25, 0.3) is 0 Å². The van der Waals surface area contributed by atoms with Crippen LogP contribution in [0.2, 0.25) is 0 Å². The van der Waals surface area contributed by atoms with E-state index >= 15 is 0 Å². The zero-order valence-electron chi connectivity index (χ0n) is 18.6. The topological polar surface area (TPSA) is 48.5 Å². The van der Waals surface area contributed by atoms with Gasteiger partial charge in [-0.1, -0.05) is 18.2 Å². The van der Waals surface area contributed by atoms with E-state index in [0.717, 1.165) is 43.9 Å². The van der Waals surface area contributed by atoms with E-state index in [-0.39, 0.29) is 5.91 Å². The lowest BCUT2D eigenvalue weighted by Crippen LogP contribution is -2.30. The molecule has 0 aliphatic rings. The molecule has 0 radical (unpaired) electrons. The summed E-state index contributed by atoms with van der Waals surface area (Å²) < 4.78 is 38.0. The van der Waals surface area contributed by atoms with Gasteiger partial charge in [-0.2, -0.15) is 13.2 Å². The summed E-state index contributed by atoms with van der Waals surface area (Å²) in [6, 6.07) is 15.6. The quantitative estimate of drug-likeness (QED) is 0.497. The van der Waals surface area contributed by atoms with Gasteiger partial charge in [-0.3, -0.25) is 9.78 Å². The molecule has 0 spiro atoms. The highest BCUT2D eigenvalue weighted by Gasteiger charge is 2.30. The van der Waals surface area contributed by atoms with E-state index in [1.165, 1.54) is 17.7 Å². The van der Waals surface area contributed by atoms with Crippen LogP contribution >= 0.6 is 0 Å². The summed E-state index contributed by atoms with van der Waals surface area (Å²) in [4.78, 5) is 21.0. The Morgan fingerprint density at radius 3 is 2.03 bits per heavy atom. The standard InChI is InChI=1S/C25H27F3N4O/c1-31(14-15-32(2)18-20-4-3-13-29-16-20)17-19-5-7-21(8-6-19)24(33)30-23-11-9-22(10-12-23)25(26,27)28/h3-13,16H,14-15,17-18H2,1-2H3,(H,30,33). The summed E-state index contributed by atoms with van der Waals surface area (Å²) >= 11 is 0. The van der Waals surface area contributed by atoms with Crippen molar-refractivity contribution in [3.05, 3.63) is 95.3 Å². The number of nitrogens with one attached hydrogen (secondary N) is 1. The van der Waals surface area contributed by atoms with Crippen LogP contribution in [0.3, 0.4) is 0 Å². The minimum atomic E-state index is -4.40. The number of pyridine rings is 1. The molecule has 2 aromatic carbocycles. The van der Waals surface area contributed by atoms with E-state index < -0.39 is 11.7 Å². The molecule has 1 N–H and O–H groups in total. The average Bonchev–Trinajstić information content (AvgIpc) is 2.78. The Labute approximate surface area is 191 Å². The van der Waals surface area contributed by atoms with Gasteiger partial charge in [-0.25, -0.2) is 0 Å². The van der Waals surface area contributed by atoms with Crippen molar-refractivity contribution in [1.82, 2.24) is 14.8 Å². The maximum atomic E-state index is 12.7. The number of likely N-dealkylation sites (N-methyl/N-ethyl adjacent to an activating group) is 2. The molecule has 0 unspecified atom stereocenters. The number of alkyl halides is 3. The Morgan fingerprint density at radius 1 is 0.879 bits per heavy atom. The van der Waals surface area contributed by atoms with Crippen LogP contribution < -0.4 is 5.32 Å². The van der Waals surface area contributed by atoms with Crippen molar-refractivity contribution in [1.29, 1.82) is 0 Å². The van der Waals surface area contributed by atoms with Crippen molar-refractivity contribution in [2.45, 2.75) is 19.3 Å². The lowest BCUT2D eigenvalue weighted by Gasteiger charge is -2.22. The number of amides is 1. The van der Waals surface area contributed by atoms with Crippen molar-refractivity contribution in [3.63, 3.8) is 0 Å². The molecule has 33 heavy (non-hydrogen) atoms. The van der Waals surface area contributed by atoms with Crippen molar-refractivity contribution in [2.75, 3.05) is 32.5 Å². The molecular weight excluding hydrogens is 429 g/mol. The van der Waals surface area contributed by atoms with Gasteiger partial charge in [0, 0.05) is 49.8 Å². The molecule has 0 bridgehead atoms. The van der Waals surface area contributed by atoms with Gasteiger partial charge in [-0.15, -0.1) is 0 Å². The van der Waals surface area contributed by atoms with Crippen LogP contribution in [0, 0.1) is 0 Å². The van der Waals surface area contributed by atoms with Crippen LogP contribution in [0.15, 0.2) is 73.1 Å². The SMILES string of the molecule is CN(CCN(C)Cc1cccnc1)Cc1ccc(C(=O)Nc2ccc(C(F)(F)F)cc2)cc1. The molecule has 0 saturated carbocycles. The molecule has 0 aliphatic heterocycles. The molecule has 8 heteroatoms. The van der Waals surface area contributed by atoms with E-state index in [9.17, 15) is 18.0 Å². The first-order valence-corrected chi connectivity index (χ1v) is 10.5. The molecule has 0 fully saturated rings. The number of rotatable bonds is 9. The van der Waals surface area contributed by atoms with E-state index in [4.69, 9.17) is 0 Å². The fourth-order valence-corrected chi connectivity index (χ4v) is 3.32. The maximum Gasteiger partial charge on any atom is 0.416 e. The van der Waals surface area contributed by atoms with E-state index in [0.29, 0.717) is 11.3 Å². The van der Waals surface area contributed by atoms with Gasteiger partial charge < -0.3 is 15.1 Å². The minimum Gasteiger partial charge on any atom is -0.322 e. The third-order valence-corrected chi connectivity index (χ3v) is 5.18. The Morgan fingerprint density at radius 2 is 1.48 bits per heavy atom. The number of halogens is 3. The second-order valence-electron chi connectivity index (χ2n) is 8.06. The fourth-order valence-electron chi connectivity index (χ4n) is 3.32. The van der Waals surface area contributed by atoms with Crippen molar-refractivity contribution in [2.24, 2.45) is 0 Å². The number of carbonyl (C=O) groups is 1. The molecule has 0 saturated heterocycles. The number of nitrogens with zero attached hydrogens (tertiary/aromatic N) is 3. The summed E-state index contributed by atoms with van der Waals surface area (Å²) in [6.45, 7) is 3.36. The summed E-state index contributed by atoms with van der Waals surface area (Å²) in [5.41, 5.74) is 2.24. The summed E-state index contributed by atoms with van der Waals surface area (Å²) in [5.74, 6) is -0.369. The summed E-state index contributed by atoms with van der Waals surface area (Å²) in [5, 5.41) is 2.62. The highest BCUT2D eigenvalue weighted by atomic mass is 19.4. The molecule has 3 aromatic rings. The number of benzene rings is 2. The lowest BCUT2D eigenvalue weighted by molar-refractivity contribution is -0.137. The fraction of sp³-hybridized carbons (Fsp3) is 0.280. The van der Waals surface area contributed by atoms with Crippen molar-refractivity contribution in [3.8, 4) is 0 Å². The van der Waals surface area contributed by atoms with Gasteiger partial charge in [0.15, 0.2) is 0 Å². The van der Waals surface area contributed by atoms with Crippen LogP contribution in [0.1, 0.15) is 27.0 Å². The average molecular weight is 457 g/mol. The minimum absolute atomic E-state index is 0.312. The second kappa shape index (κ2) is 11.1. The number of aromatic nitrogens is 1. The van der Waals surface area contributed by atoms with E-state index in [1.807, 2.05) is 31.4 Å². The molecule has 1 heterocycles. The zero-order valence-corrected chi connectivity index (χ0v) is 18.6. The highest BCUT2D eigenvalue weighted by Crippen LogP contribution is 2.29. The van der Waals surface area contributed by atoms with E-state index in [1.54, 1.807) is 18.3 Å². The number of hydrogen-bond acceptors (Lipinski definition) is 4. The third kappa shape index (κ3) is 7.69. The maximum absolute atomic E-state index is 12.7. The largest absolute Gasteiger partial charge is 0.416 e. The smallest absolute Gasteiger partial charge is 0.322 e. The zero-order chi connectivity index (χ0) is 23.8. The summed E-state index contributed by atoms with van der Waals surface area (Å²) in [7, 11) is 4.12. The van der Waals surface area contributed by atoms with Crippen LogP contribution in [0.5, 0.6) is 0 Å². The second-order valence-corrected chi connectivity index (χ2v) is 8.06. The molecule has 5 nitrogen and oxygen atoms in total. The van der Waals surface area contributed by atoms with Crippen LogP contribution in [-0.2, 0) is 19.3 Å². The predicted octanol–water partition coefficient (Wildman–Crippen LogP) is 4.92. The van der Waals surface area contributed by atoms with Gasteiger partial charge in [0.25, 0.3) is 5.91 Å². The molecule has 0 aliphatic carbocycles. The molecule has 3 rings (SSSR count). The number of hydrogen-bond donors (Lipinski definition) is 1. The monoisotopic (exact) mass is 456 g/mol. The van der Waals surface area contributed by atoms with Crippen LogP contribution in [0.4, 0.5) is 18.9 Å². The lowest BCUT2D eigenvalue weighted by atomic mass is 10.1. The summed E-state index contributed by atoms with van der Waals surface area (Å²) in [6.07, 6.45) is -0.767. The first kappa shape index (κ1) is 24.4. The first-order valence-electron chi connectivity index (χ1n) is 10.5. The Bertz CT molecular complexity index is 1020. The predicted molar refractivity (Wildman–Crippen MR) is 123 cm³/mol. The number of carbonyl (C=O) groups excluding carboxylic acids is 1. The molecule has 1 aromatic heterocycles. The van der Waals surface area contributed by atoms with Crippen LogP contribution in [-0.4, -0.2) is 47.9 Å². The van der Waals surface area contributed by atoms with Gasteiger partial charge in [-0.05, 0) is 67.7 Å². The van der Waals surface area contributed by atoms with Gasteiger partial charge >= 0.3 is 6.18 Å². The van der Waals surface area contributed by atoms with Crippen molar-refractivity contribution >= 4 is 11.6 Å². The first-order chi connectivity index (χ1) is 15.7. The number of anilines is 1. The van der Waals surface area contributed by atoms with Gasteiger partial charge in [0.1, 0.15) is 0 Å². The van der Waals surface area contributed by atoms with Gasteiger partial charge in [0.2, 0.25) is 0 Å². The molecule has 0 atom stereocenters. The normalized spacial score (nSPS) is 11.7. The Balaban J connectivity index is 1.46.